The Morgan fingerprint density at radius 1 is 1.16 bits per heavy atom. The van der Waals surface area contributed by atoms with Gasteiger partial charge in [0.1, 0.15) is 5.75 Å². The van der Waals surface area contributed by atoms with Crippen LogP contribution in [0.15, 0.2) is 60.0 Å². The van der Waals surface area contributed by atoms with Crippen LogP contribution in [0.25, 0.3) is 0 Å². The van der Waals surface area contributed by atoms with Gasteiger partial charge in [-0.2, -0.15) is 0 Å². The third-order valence-corrected chi connectivity index (χ3v) is 6.17. The fraction of sp³-hybridized carbons (Fsp3) is 0.217. The van der Waals surface area contributed by atoms with Gasteiger partial charge in [-0.3, -0.25) is 9.69 Å². The van der Waals surface area contributed by atoms with E-state index in [1.165, 1.54) is 11.3 Å². The standard InChI is InChI=1S/C23H22ClN3O3S/c1-30-18-8-9-20(19(14-18)25-22(28)21-7-3-12-31-21)27-11-4-10-26(23(27)29)15-16-5-2-6-17(24)13-16/h2-3,5-9,12-14H,4,10-11,15H2,1H3,(H,25,28). The molecule has 1 saturated heterocycles. The van der Waals surface area contributed by atoms with Gasteiger partial charge in [0.05, 0.1) is 23.4 Å². The molecule has 8 heteroatoms. The van der Waals surface area contributed by atoms with E-state index in [2.05, 4.69) is 5.32 Å². The van der Waals surface area contributed by atoms with Crippen molar-refractivity contribution in [3.63, 3.8) is 0 Å². The molecule has 1 fully saturated rings. The maximum atomic E-state index is 13.3. The minimum atomic E-state index is -0.218. The van der Waals surface area contributed by atoms with Gasteiger partial charge in [0.15, 0.2) is 0 Å². The molecule has 0 aliphatic carbocycles. The summed E-state index contributed by atoms with van der Waals surface area (Å²) in [6.45, 7) is 1.71. The van der Waals surface area contributed by atoms with Gasteiger partial charge in [0.2, 0.25) is 0 Å². The van der Waals surface area contributed by atoms with E-state index < -0.39 is 0 Å². The lowest BCUT2D eigenvalue weighted by atomic mass is 10.1. The zero-order chi connectivity index (χ0) is 21.8. The molecule has 0 atom stereocenters. The Morgan fingerprint density at radius 3 is 2.77 bits per heavy atom. The van der Waals surface area contributed by atoms with Gasteiger partial charge < -0.3 is 15.0 Å². The molecule has 0 bridgehead atoms. The Bertz CT molecular complexity index is 1090. The number of benzene rings is 2. The van der Waals surface area contributed by atoms with Gasteiger partial charge in [0, 0.05) is 30.7 Å². The Morgan fingerprint density at radius 2 is 2.03 bits per heavy atom. The highest BCUT2D eigenvalue weighted by atomic mass is 35.5. The van der Waals surface area contributed by atoms with Gasteiger partial charge in [0.25, 0.3) is 5.91 Å². The van der Waals surface area contributed by atoms with Crippen LogP contribution in [-0.2, 0) is 6.54 Å². The first-order chi connectivity index (χ1) is 15.0. The summed E-state index contributed by atoms with van der Waals surface area (Å²) < 4.78 is 5.33. The summed E-state index contributed by atoms with van der Waals surface area (Å²) in [4.78, 5) is 30.1. The number of halogens is 1. The minimum absolute atomic E-state index is 0.108. The third kappa shape index (κ3) is 4.84. The molecule has 1 aliphatic heterocycles. The van der Waals surface area contributed by atoms with Crippen LogP contribution in [-0.4, -0.2) is 37.0 Å². The fourth-order valence-electron chi connectivity index (χ4n) is 3.58. The van der Waals surface area contributed by atoms with Gasteiger partial charge in [-0.05, 0) is 47.7 Å². The summed E-state index contributed by atoms with van der Waals surface area (Å²) in [5.41, 5.74) is 2.16. The maximum absolute atomic E-state index is 13.3. The second kappa shape index (κ2) is 9.41. The molecule has 0 saturated carbocycles. The molecule has 3 aromatic rings. The lowest BCUT2D eigenvalue weighted by Crippen LogP contribution is -2.49. The lowest BCUT2D eigenvalue weighted by molar-refractivity contribution is 0.103. The van der Waals surface area contributed by atoms with Crippen molar-refractivity contribution in [3.8, 4) is 5.75 Å². The van der Waals surface area contributed by atoms with Crippen LogP contribution in [0.5, 0.6) is 5.75 Å². The van der Waals surface area contributed by atoms with E-state index in [0.29, 0.717) is 46.7 Å². The molecule has 3 amide bonds. The molecular formula is C23H22ClN3O3S. The van der Waals surface area contributed by atoms with Crippen LogP contribution >= 0.6 is 22.9 Å². The largest absolute Gasteiger partial charge is 0.497 e. The molecule has 1 N–H and O–H groups in total. The summed E-state index contributed by atoms with van der Waals surface area (Å²) in [5, 5.41) is 5.44. The number of carbonyl (C=O) groups is 2. The highest BCUT2D eigenvalue weighted by Crippen LogP contribution is 2.33. The number of nitrogens with zero attached hydrogens (tertiary/aromatic N) is 2. The van der Waals surface area contributed by atoms with Gasteiger partial charge in [-0.25, -0.2) is 4.79 Å². The quantitative estimate of drug-likeness (QED) is 0.534. The fourth-order valence-corrected chi connectivity index (χ4v) is 4.41. The zero-order valence-electron chi connectivity index (χ0n) is 17.0. The molecule has 2 aromatic carbocycles. The van der Waals surface area contributed by atoms with E-state index in [0.717, 1.165) is 12.0 Å². The Balaban J connectivity index is 1.60. The smallest absolute Gasteiger partial charge is 0.324 e. The topological polar surface area (TPSA) is 61.9 Å². The normalized spacial score (nSPS) is 13.9. The molecule has 31 heavy (non-hydrogen) atoms. The van der Waals surface area contributed by atoms with Gasteiger partial charge >= 0.3 is 6.03 Å². The molecule has 6 nitrogen and oxygen atoms in total. The van der Waals surface area contributed by atoms with Crippen LogP contribution in [0.3, 0.4) is 0 Å². The summed E-state index contributed by atoms with van der Waals surface area (Å²) in [5.74, 6) is 0.384. The van der Waals surface area contributed by atoms with Crippen molar-refractivity contribution in [1.82, 2.24) is 4.90 Å². The van der Waals surface area contributed by atoms with Gasteiger partial charge in [-0.1, -0.05) is 29.8 Å². The maximum Gasteiger partial charge on any atom is 0.324 e. The predicted octanol–water partition coefficient (Wildman–Crippen LogP) is 5.49. The number of nitrogens with one attached hydrogen (secondary N) is 1. The first-order valence-electron chi connectivity index (χ1n) is 9.89. The van der Waals surface area contributed by atoms with Crippen LogP contribution in [0.2, 0.25) is 5.02 Å². The van der Waals surface area contributed by atoms with E-state index >= 15 is 0 Å². The van der Waals surface area contributed by atoms with Crippen LogP contribution in [0, 0.1) is 0 Å². The Labute approximate surface area is 190 Å². The van der Waals surface area contributed by atoms with E-state index in [1.807, 2.05) is 41.8 Å². The number of amides is 3. The molecule has 1 aromatic heterocycles. The predicted molar refractivity (Wildman–Crippen MR) is 124 cm³/mol. The van der Waals surface area contributed by atoms with Crippen LogP contribution in [0.1, 0.15) is 21.7 Å². The Kier molecular flexibility index (Phi) is 6.44. The lowest BCUT2D eigenvalue weighted by Gasteiger charge is -2.36. The molecule has 1 aliphatic rings. The molecular weight excluding hydrogens is 434 g/mol. The highest BCUT2D eigenvalue weighted by Gasteiger charge is 2.29. The van der Waals surface area contributed by atoms with Crippen molar-refractivity contribution in [2.75, 3.05) is 30.4 Å². The number of hydrogen-bond donors (Lipinski definition) is 1. The van der Waals surface area contributed by atoms with Crippen molar-refractivity contribution in [3.05, 3.63) is 75.4 Å². The summed E-state index contributed by atoms with van der Waals surface area (Å²) in [7, 11) is 1.57. The number of anilines is 2. The van der Waals surface area contributed by atoms with E-state index in [9.17, 15) is 9.59 Å². The average molecular weight is 456 g/mol. The molecule has 0 spiro atoms. The summed E-state index contributed by atoms with van der Waals surface area (Å²) in [6.07, 6.45) is 0.816. The minimum Gasteiger partial charge on any atom is -0.497 e. The van der Waals surface area contributed by atoms with E-state index in [1.54, 1.807) is 35.1 Å². The molecule has 0 unspecified atom stereocenters. The van der Waals surface area contributed by atoms with Crippen molar-refractivity contribution < 1.29 is 14.3 Å². The summed E-state index contributed by atoms with van der Waals surface area (Å²) in [6, 6.07) is 16.3. The number of hydrogen-bond acceptors (Lipinski definition) is 4. The van der Waals surface area contributed by atoms with Gasteiger partial charge in [-0.15, -0.1) is 11.3 Å². The van der Waals surface area contributed by atoms with E-state index in [-0.39, 0.29) is 11.9 Å². The van der Waals surface area contributed by atoms with Crippen LogP contribution in [0.4, 0.5) is 16.2 Å². The Hall–Kier alpha value is -3.03. The number of urea groups is 1. The second-order valence-electron chi connectivity index (χ2n) is 7.15. The average Bonchev–Trinajstić information content (AvgIpc) is 3.31. The van der Waals surface area contributed by atoms with Crippen molar-refractivity contribution in [2.24, 2.45) is 0 Å². The van der Waals surface area contributed by atoms with Crippen molar-refractivity contribution >= 4 is 46.3 Å². The third-order valence-electron chi connectivity index (χ3n) is 5.06. The highest BCUT2D eigenvalue weighted by molar-refractivity contribution is 7.12. The van der Waals surface area contributed by atoms with E-state index in [4.69, 9.17) is 16.3 Å². The number of methoxy groups -OCH3 is 1. The van der Waals surface area contributed by atoms with Crippen molar-refractivity contribution in [1.29, 1.82) is 0 Å². The molecule has 160 valence electrons. The number of ether oxygens (including phenoxy) is 1. The molecule has 0 radical (unpaired) electrons. The first kappa shape index (κ1) is 21.2. The number of carbonyl (C=O) groups excluding carboxylic acids is 2. The van der Waals surface area contributed by atoms with Crippen molar-refractivity contribution in [2.45, 2.75) is 13.0 Å². The SMILES string of the molecule is COc1ccc(N2CCCN(Cc3cccc(Cl)c3)C2=O)c(NC(=O)c2cccs2)c1. The second-order valence-corrected chi connectivity index (χ2v) is 8.54. The molecule has 2 heterocycles. The molecule has 4 rings (SSSR count). The monoisotopic (exact) mass is 455 g/mol. The van der Waals surface area contributed by atoms with Crippen LogP contribution < -0.4 is 15.0 Å². The number of thiophene rings is 1. The zero-order valence-corrected chi connectivity index (χ0v) is 18.6. The first-order valence-corrected chi connectivity index (χ1v) is 11.1. The summed E-state index contributed by atoms with van der Waals surface area (Å²) >= 11 is 7.46. The number of rotatable bonds is 6.